The van der Waals surface area contributed by atoms with E-state index in [-0.39, 0.29) is 17.8 Å². The molecule has 0 amide bonds. The maximum Gasteiger partial charge on any atom is 0.469 e. The number of aliphatic hydroxyl groups excluding tert-OH is 1. The van der Waals surface area contributed by atoms with Gasteiger partial charge < -0.3 is 39.9 Å². The van der Waals surface area contributed by atoms with Crippen LogP contribution in [0.3, 0.4) is 0 Å². The second kappa shape index (κ2) is 11.0. The highest BCUT2D eigenvalue weighted by molar-refractivity contribution is 7.46. The first-order valence-corrected chi connectivity index (χ1v) is 14.6. The Kier molecular flexibility index (Phi) is 8.39. The lowest BCUT2D eigenvalue weighted by Gasteiger charge is -2.36. The van der Waals surface area contributed by atoms with Gasteiger partial charge >= 0.3 is 27.0 Å². The Hall–Kier alpha value is -2.54. The Balaban J connectivity index is 1.72. The fourth-order valence-electron chi connectivity index (χ4n) is 4.68. The van der Waals surface area contributed by atoms with Gasteiger partial charge in [0.1, 0.15) is 30.0 Å². The van der Waals surface area contributed by atoms with Crippen molar-refractivity contribution in [2.45, 2.75) is 62.6 Å². The summed E-state index contributed by atoms with van der Waals surface area (Å²) in [5.74, 6) is -0.0551. The summed E-state index contributed by atoms with van der Waals surface area (Å²) in [5, 5.41) is 10.8. The number of nitrogens with one attached hydrogen (secondary N) is 1. The number of anilines is 1. The van der Waals surface area contributed by atoms with Crippen molar-refractivity contribution in [3.8, 4) is 0 Å². The normalized spacial score (nSPS) is 29.2. The Morgan fingerprint density at radius 2 is 1.85 bits per heavy atom. The van der Waals surface area contributed by atoms with Gasteiger partial charge in [0, 0.05) is 37.2 Å². The Labute approximate surface area is 223 Å². The number of H-pyrrole nitrogens is 1. The van der Waals surface area contributed by atoms with Gasteiger partial charge in [0.05, 0.1) is 18.8 Å². The van der Waals surface area contributed by atoms with Gasteiger partial charge in [-0.25, -0.2) is 18.7 Å². The summed E-state index contributed by atoms with van der Waals surface area (Å²) < 4.78 is 46.8. The summed E-state index contributed by atoms with van der Waals surface area (Å²) in [7, 11) is -10.5. The second-order valence-corrected chi connectivity index (χ2v) is 11.8. The van der Waals surface area contributed by atoms with Gasteiger partial charge in [-0.15, -0.1) is 0 Å². The lowest BCUT2D eigenvalue weighted by atomic mass is 9.89. The molecule has 4 rings (SSSR count). The zero-order valence-corrected chi connectivity index (χ0v) is 22.5. The van der Waals surface area contributed by atoms with E-state index in [1.54, 1.807) is 0 Å². The number of hydrogen-bond donors (Lipinski definition) is 7. The third-order valence-corrected chi connectivity index (χ3v) is 7.48. The van der Waals surface area contributed by atoms with Crippen LogP contribution in [-0.4, -0.2) is 74.3 Å². The van der Waals surface area contributed by atoms with E-state index in [0.717, 1.165) is 15.3 Å². The average molecular weight is 611 g/mol. The number of nitrogen functional groups attached to an aromatic ring is 1. The van der Waals surface area contributed by atoms with Crippen molar-refractivity contribution in [1.29, 1.82) is 0 Å². The number of ether oxygens (including phenoxy) is 2. The number of rotatable bonds is 9. The van der Waals surface area contributed by atoms with Crippen LogP contribution in [0.5, 0.6) is 0 Å². The average Bonchev–Trinajstić information content (AvgIpc) is 3.33. The fraction of sp³-hybridized carbons (Fsp3) is 0.579. The minimum Gasteiger partial charge on any atom is -0.390 e. The van der Waals surface area contributed by atoms with Crippen LogP contribution >= 0.6 is 15.6 Å². The van der Waals surface area contributed by atoms with Crippen molar-refractivity contribution in [1.82, 2.24) is 19.1 Å². The zero-order valence-electron chi connectivity index (χ0n) is 20.7. The van der Waals surface area contributed by atoms with Gasteiger partial charge in [0.15, 0.2) is 0 Å². The van der Waals surface area contributed by atoms with Crippen molar-refractivity contribution in [3.05, 3.63) is 55.3 Å². The molecule has 6 unspecified atom stereocenters. The molecule has 6 atom stereocenters. The Bertz CT molecular complexity index is 1530. The first-order chi connectivity index (χ1) is 18.5. The maximum absolute atomic E-state index is 12.5. The van der Waals surface area contributed by atoms with Gasteiger partial charge in [-0.1, -0.05) is 0 Å². The number of aliphatic hydroxyl groups is 1. The van der Waals surface area contributed by atoms with Gasteiger partial charge in [0.25, 0.3) is 5.56 Å². The lowest BCUT2D eigenvalue weighted by molar-refractivity contribution is -0.155. The first kappa shape index (κ1) is 30.4. The number of phosphoric acid groups is 2. The monoisotopic (exact) mass is 611 g/mol. The second-order valence-electron chi connectivity index (χ2n) is 9.38. The lowest BCUT2D eigenvalue weighted by Crippen LogP contribution is -2.49. The smallest absolute Gasteiger partial charge is 0.390 e. The van der Waals surface area contributed by atoms with Gasteiger partial charge in [-0.2, -0.15) is 4.98 Å². The molecule has 40 heavy (non-hydrogen) atoms. The first-order valence-electron chi connectivity index (χ1n) is 11.6. The van der Waals surface area contributed by atoms with Crippen molar-refractivity contribution in [2.24, 2.45) is 0 Å². The van der Waals surface area contributed by atoms with E-state index in [9.17, 15) is 48.2 Å². The quantitative estimate of drug-likeness (QED) is 0.150. The number of phosphoric ester groups is 2. The van der Waals surface area contributed by atoms with Gasteiger partial charge in [-0.05, 0) is 13.0 Å². The number of aromatic nitrogens is 4. The molecule has 2 saturated heterocycles. The number of nitrogens with zero attached hydrogens (tertiary/aromatic N) is 3. The van der Waals surface area contributed by atoms with Gasteiger partial charge in [-0.3, -0.25) is 28.0 Å². The van der Waals surface area contributed by atoms with E-state index in [1.165, 1.54) is 19.2 Å². The van der Waals surface area contributed by atoms with E-state index < -0.39 is 88.4 Å². The van der Waals surface area contributed by atoms with Crippen molar-refractivity contribution >= 4 is 21.5 Å². The number of nitrogens with two attached hydrogens (primary N) is 1. The summed E-state index contributed by atoms with van der Waals surface area (Å²) in [6.07, 6.45) is -5.46. The predicted molar refractivity (Wildman–Crippen MR) is 131 cm³/mol. The molecule has 4 heterocycles. The van der Waals surface area contributed by atoms with E-state index in [4.69, 9.17) is 19.7 Å². The number of hydrogen-bond acceptors (Lipinski definition) is 12. The minimum atomic E-state index is -5.28. The van der Waals surface area contributed by atoms with E-state index >= 15 is 0 Å². The molecule has 19 nitrogen and oxygen atoms in total. The van der Waals surface area contributed by atoms with E-state index in [1.807, 2.05) is 0 Å². The summed E-state index contributed by atoms with van der Waals surface area (Å²) in [6, 6.07) is 1.32. The topological polar surface area (TPSA) is 288 Å². The highest BCUT2D eigenvalue weighted by Crippen LogP contribution is 2.51. The fourth-order valence-corrected chi connectivity index (χ4v) is 5.68. The highest BCUT2D eigenvalue weighted by Gasteiger charge is 2.56. The molecule has 21 heteroatoms. The molecule has 0 radical (unpaired) electrons. The van der Waals surface area contributed by atoms with Crippen molar-refractivity contribution in [3.63, 3.8) is 0 Å². The molecule has 2 aliphatic rings. The molecule has 2 fully saturated rings. The predicted octanol–water partition coefficient (Wildman–Crippen LogP) is -2.03. The summed E-state index contributed by atoms with van der Waals surface area (Å²) in [6.45, 7) is 0.352. The number of aromatic amines is 1. The number of aryl methyl sites for hydroxylation is 1. The third-order valence-electron chi connectivity index (χ3n) is 6.48. The standard InChI is InChI=1S/C19H27N5O14P2/c1-9-7-24(18(28)22-16(9)26)15-5-12(38-40(32,33)34)19(37-15,8-35-39(29,30)31)6-11-10(25)4-14(36-11)23-3-2-13(20)21-17(23)27/h2-3,7,10-12,14-15,25H,4-6,8H2,1H3,(H2,20,21,27)(H,22,26,28)(H2,29,30,31)(H2,32,33,34). The SMILES string of the molecule is Cc1cn(C2CC(OP(=O)(O)O)C(COP(=O)(O)O)(CC3OC(n4ccc(N)nc4=O)CC3O)O2)c(=O)[nH]c1=O. The summed E-state index contributed by atoms with van der Waals surface area (Å²) in [5.41, 5.74) is 1.01. The van der Waals surface area contributed by atoms with Crippen LogP contribution < -0.4 is 22.7 Å². The molecule has 2 aromatic rings. The molecule has 0 spiro atoms. The molecular weight excluding hydrogens is 584 g/mol. The van der Waals surface area contributed by atoms with Crippen LogP contribution in [-0.2, 0) is 27.7 Å². The van der Waals surface area contributed by atoms with Crippen LogP contribution in [0.2, 0.25) is 0 Å². The maximum atomic E-state index is 12.5. The summed E-state index contributed by atoms with van der Waals surface area (Å²) >= 11 is 0. The van der Waals surface area contributed by atoms with Crippen LogP contribution in [0.25, 0.3) is 0 Å². The third kappa shape index (κ3) is 6.84. The van der Waals surface area contributed by atoms with Crippen LogP contribution in [0.4, 0.5) is 5.82 Å². The Morgan fingerprint density at radius 3 is 2.48 bits per heavy atom. The largest absolute Gasteiger partial charge is 0.469 e. The molecule has 2 aromatic heterocycles. The molecule has 0 saturated carbocycles. The Morgan fingerprint density at radius 1 is 1.15 bits per heavy atom. The van der Waals surface area contributed by atoms with Crippen LogP contribution in [0.15, 0.2) is 32.8 Å². The molecule has 8 N–H and O–H groups in total. The zero-order chi connectivity index (χ0) is 29.6. The molecule has 0 aliphatic carbocycles. The summed E-state index contributed by atoms with van der Waals surface area (Å²) in [4.78, 5) is 80.1. The van der Waals surface area contributed by atoms with Crippen molar-refractivity contribution in [2.75, 3.05) is 12.3 Å². The van der Waals surface area contributed by atoms with Crippen LogP contribution in [0, 0.1) is 6.92 Å². The molecular formula is C19H27N5O14P2. The van der Waals surface area contributed by atoms with Crippen LogP contribution in [0.1, 0.15) is 37.3 Å². The molecule has 0 bridgehead atoms. The molecule has 222 valence electrons. The highest BCUT2D eigenvalue weighted by atomic mass is 31.2. The van der Waals surface area contributed by atoms with E-state index in [2.05, 4.69) is 14.5 Å². The minimum absolute atomic E-state index is 0.0551. The van der Waals surface area contributed by atoms with E-state index in [0.29, 0.717) is 0 Å². The van der Waals surface area contributed by atoms with Crippen molar-refractivity contribution < 1.29 is 52.3 Å². The molecule has 2 aliphatic heterocycles. The van der Waals surface area contributed by atoms with Gasteiger partial charge in [0.2, 0.25) is 0 Å². The molecule has 0 aromatic carbocycles.